The normalized spacial score (nSPS) is 11.4. The molecule has 0 spiro atoms. The molecule has 0 bridgehead atoms. The molecular formula is C16H18F3N3O2. The fraction of sp³-hybridized carbons (Fsp3) is 0.375. The van der Waals surface area contributed by atoms with Crippen LogP contribution in [0.3, 0.4) is 0 Å². The fourth-order valence-corrected chi connectivity index (χ4v) is 2.28. The summed E-state index contributed by atoms with van der Waals surface area (Å²) in [6.07, 6.45) is -5.31. The van der Waals surface area contributed by atoms with Gasteiger partial charge >= 0.3 is 12.2 Å². The molecule has 0 fully saturated rings. The number of nitrogens with zero attached hydrogens (tertiary/aromatic N) is 1. The monoisotopic (exact) mass is 341 g/mol. The lowest BCUT2D eigenvalue weighted by molar-refractivity contribution is -0.127. The van der Waals surface area contributed by atoms with E-state index in [0.29, 0.717) is 17.0 Å². The summed E-state index contributed by atoms with van der Waals surface area (Å²) < 4.78 is 42.7. The smallest absolute Gasteiger partial charge is 0.361 e. The summed E-state index contributed by atoms with van der Waals surface area (Å²) in [6, 6.07) is 5.68. The Kier molecular flexibility index (Phi) is 5.48. The molecule has 8 heteroatoms. The second-order valence-corrected chi connectivity index (χ2v) is 5.40. The van der Waals surface area contributed by atoms with Gasteiger partial charge in [-0.05, 0) is 25.0 Å². The number of rotatable bonds is 5. The Bertz CT molecular complexity index is 691. The second-order valence-electron chi connectivity index (χ2n) is 5.40. The average molecular weight is 341 g/mol. The highest BCUT2D eigenvalue weighted by molar-refractivity contribution is 5.73. The number of aryl methyl sites for hydroxylation is 2. The van der Waals surface area contributed by atoms with Crippen LogP contribution in [0.25, 0.3) is 0 Å². The van der Waals surface area contributed by atoms with Crippen LogP contribution in [0.2, 0.25) is 0 Å². The quantitative estimate of drug-likeness (QED) is 0.876. The number of benzene rings is 1. The molecule has 5 nitrogen and oxygen atoms in total. The molecule has 0 atom stereocenters. The van der Waals surface area contributed by atoms with Crippen molar-refractivity contribution in [3.63, 3.8) is 0 Å². The van der Waals surface area contributed by atoms with E-state index in [1.165, 1.54) is 6.07 Å². The van der Waals surface area contributed by atoms with Gasteiger partial charge in [0.2, 0.25) is 0 Å². The molecule has 130 valence electrons. The minimum atomic E-state index is -4.29. The molecule has 0 unspecified atom stereocenters. The summed E-state index contributed by atoms with van der Waals surface area (Å²) in [5, 5.41) is 8.97. The third kappa shape index (κ3) is 5.00. The Balaban J connectivity index is 1.90. The first kappa shape index (κ1) is 17.8. The topological polar surface area (TPSA) is 67.2 Å². The number of alkyl halides is 3. The highest BCUT2D eigenvalue weighted by Gasteiger charge is 2.28. The molecule has 0 radical (unpaired) electrons. The lowest BCUT2D eigenvalue weighted by atomic mass is 10.0. The number of nitrogens with one attached hydrogen (secondary N) is 2. The third-order valence-corrected chi connectivity index (χ3v) is 3.56. The van der Waals surface area contributed by atoms with Crippen molar-refractivity contribution >= 4 is 6.03 Å². The van der Waals surface area contributed by atoms with Crippen molar-refractivity contribution in [2.24, 2.45) is 0 Å². The Morgan fingerprint density at radius 2 is 1.75 bits per heavy atom. The molecule has 0 saturated carbocycles. The maximum Gasteiger partial charge on any atom is 0.393 e. The van der Waals surface area contributed by atoms with Gasteiger partial charge in [-0.1, -0.05) is 29.4 Å². The number of carbonyl (C=O) groups excluding carboxylic acids is 1. The lowest BCUT2D eigenvalue weighted by Crippen LogP contribution is -2.35. The molecule has 1 aromatic heterocycles. The largest absolute Gasteiger partial charge is 0.393 e. The van der Waals surface area contributed by atoms with E-state index in [2.05, 4.69) is 15.8 Å². The standard InChI is InChI=1S/C16H18F3N3O2/c1-10-14(11(2)24-22-10)9-21-15(23)20-8-13-6-4-3-5-12(13)7-16(17,18)19/h3-6H,7-9H2,1-2H3,(H2,20,21,23). The van der Waals surface area contributed by atoms with Crippen LogP contribution in [0.15, 0.2) is 28.8 Å². The first-order valence-corrected chi connectivity index (χ1v) is 7.33. The van der Waals surface area contributed by atoms with Gasteiger partial charge in [0.15, 0.2) is 0 Å². The number of urea groups is 1. The van der Waals surface area contributed by atoms with Gasteiger partial charge in [0.05, 0.1) is 12.1 Å². The summed E-state index contributed by atoms with van der Waals surface area (Å²) >= 11 is 0. The van der Waals surface area contributed by atoms with Gasteiger partial charge < -0.3 is 15.2 Å². The third-order valence-electron chi connectivity index (χ3n) is 3.56. The van der Waals surface area contributed by atoms with Crippen molar-refractivity contribution in [2.75, 3.05) is 0 Å². The number of aromatic nitrogens is 1. The predicted octanol–water partition coefficient (Wildman–Crippen LogP) is 3.40. The summed E-state index contributed by atoms with van der Waals surface area (Å²) in [4.78, 5) is 11.8. The average Bonchev–Trinajstić information content (AvgIpc) is 2.81. The Morgan fingerprint density at radius 3 is 2.33 bits per heavy atom. The maximum absolute atomic E-state index is 12.6. The minimum Gasteiger partial charge on any atom is -0.361 e. The molecule has 2 rings (SSSR count). The van der Waals surface area contributed by atoms with E-state index in [1.54, 1.807) is 32.0 Å². The van der Waals surface area contributed by atoms with Crippen molar-refractivity contribution in [1.82, 2.24) is 15.8 Å². The lowest BCUT2D eigenvalue weighted by Gasteiger charge is -2.13. The van der Waals surface area contributed by atoms with E-state index in [1.807, 2.05) is 0 Å². The number of amides is 2. The molecular weight excluding hydrogens is 323 g/mol. The molecule has 2 aromatic rings. The highest BCUT2D eigenvalue weighted by atomic mass is 19.4. The molecule has 2 amide bonds. The Morgan fingerprint density at radius 1 is 1.12 bits per heavy atom. The zero-order valence-corrected chi connectivity index (χ0v) is 13.3. The molecule has 0 aliphatic rings. The van der Waals surface area contributed by atoms with Crippen LogP contribution in [0.5, 0.6) is 0 Å². The van der Waals surface area contributed by atoms with Gasteiger partial charge in [-0.15, -0.1) is 0 Å². The summed E-state index contributed by atoms with van der Waals surface area (Å²) in [7, 11) is 0. The van der Waals surface area contributed by atoms with Crippen LogP contribution < -0.4 is 10.6 Å². The van der Waals surface area contributed by atoms with E-state index in [0.717, 1.165) is 5.56 Å². The summed E-state index contributed by atoms with van der Waals surface area (Å²) in [5.74, 6) is 0.614. The zero-order valence-electron chi connectivity index (χ0n) is 13.3. The van der Waals surface area contributed by atoms with Crippen LogP contribution >= 0.6 is 0 Å². The van der Waals surface area contributed by atoms with E-state index < -0.39 is 18.6 Å². The zero-order chi connectivity index (χ0) is 17.7. The molecule has 1 aromatic carbocycles. The highest BCUT2D eigenvalue weighted by Crippen LogP contribution is 2.23. The number of hydrogen-bond acceptors (Lipinski definition) is 3. The number of halogens is 3. The van der Waals surface area contributed by atoms with E-state index in [4.69, 9.17) is 4.52 Å². The molecule has 1 heterocycles. The SMILES string of the molecule is Cc1noc(C)c1CNC(=O)NCc1ccccc1CC(F)(F)F. The maximum atomic E-state index is 12.6. The van der Waals surface area contributed by atoms with Crippen LogP contribution in [0.1, 0.15) is 28.1 Å². The summed E-state index contributed by atoms with van der Waals surface area (Å²) in [5.41, 5.74) is 2.05. The molecule has 0 aliphatic heterocycles. The van der Waals surface area contributed by atoms with Crippen molar-refractivity contribution in [1.29, 1.82) is 0 Å². The molecule has 2 N–H and O–H groups in total. The molecule has 24 heavy (non-hydrogen) atoms. The molecule has 0 aliphatic carbocycles. The number of hydrogen-bond donors (Lipinski definition) is 2. The Hall–Kier alpha value is -2.51. The predicted molar refractivity (Wildman–Crippen MR) is 81.3 cm³/mol. The molecule has 0 saturated heterocycles. The van der Waals surface area contributed by atoms with Crippen LogP contribution in [0.4, 0.5) is 18.0 Å². The van der Waals surface area contributed by atoms with Gasteiger partial charge in [0.1, 0.15) is 5.76 Å². The van der Waals surface area contributed by atoms with Crippen LogP contribution in [0, 0.1) is 13.8 Å². The van der Waals surface area contributed by atoms with E-state index in [9.17, 15) is 18.0 Å². The van der Waals surface area contributed by atoms with Crippen LogP contribution in [-0.2, 0) is 19.5 Å². The van der Waals surface area contributed by atoms with Crippen LogP contribution in [-0.4, -0.2) is 17.4 Å². The minimum absolute atomic E-state index is 0.0136. The fourth-order valence-electron chi connectivity index (χ4n) is 2.28. The van der Waals surface area contributed by atoms with E-state index in [-0.39, 0.29) is 18.7 Å². The van der Waals surface area contributed by atoms with Crippen molar-refractivity contribution in [2.45, 2.75) is 39.5 Å². The van der Waals surface area contributed by atoms with Gasteiger partial charge in [-0.2, -0.15) is 13.2 Å². The number of carbonyl (C=O) groups is 1. The van der Waals surface area contributed by atoms with Gasteiger partial charge in [0.25, 0.3) is 0 Å². The first-order chi connectivity index (χ1) is 11.3. The van der Waals surface area contributed by atoms with E-state index >= 15 is 0 Å². The van der Waals surface area contributed by atoms with Crippen molar-refractivity contribution in [3.8, 4) is 0 Å². The van der Waals surface area contributed by atoms with Gasteiger partial charge in [-0.3, -0.25) is 0 Å². The van der Waals surface area contributed by atoms with Gasteiger partial charge in [-0.25, -0.2) is 4.79 Å². The first-order valence-electron chi connectivity index (χ1n) is 7.33. The summed E-state index contributed by atoms with van der Waals surface area (Å²) in [6.45, 7) is 3.75. The second kappa shape index (κ2) is 7.37. The van der Waals surface area contributed by atoms with Crippen molar-refractivity contribution < 1.29 is 22.5 Å². The van der Waals surface area contributed by atoms with Gasteiger partial charge in [0, 0.05) is 18.7 Å². The Labute approximate surface area is 137 Å². The van der Waals surface area contributed by atoms with Crippen molar-refractivity contribution in [3.05, 3.63) is 52.4 Å².